The molecule has 1 rings (SSSR count). The molecule has 70 valence electrons. The minimum absolute atomic E-state index is 0.179. The van der Waals surface area contributed by atoms with Crippen LogP contribution in [0.25, 0.3) is 0 Å². The zero-order valence-corrected chi connectivity index (χ0v) is 7.88. The first-order chi connectivity index (χ1) is 6.02. The number of hydrogen-bond acceptors (Lipinski definition) is 4. The van der Waals surface area contributed by atoms with Gasteiger partial charge in [0.1, 0.15) is 6.04 Å². The first kappa shape index (κ1) is 9.95. The molecule has 13 heavy (non-hydrogen) atoms. The maximum atomic E-state index is 10.9. The van der Waals surface area contributed by atoms with E-state index in [-0.39, 0.29) is 5.78 Å². The van der Waals surface area contributed by atoms with Gasteiger partial charge < -0.3 is 11.5 Å². The molecule has 0 aliphatic rings. The van der Waals surface area contributed by atoms with E-state index in [0.717, 1.165) is 0 Å². The molecule has 0 aliphatic carbocycles. The number of pyridine rings is 1. The molecular weight excluding hydrogens is 190 g/mol. The molecule has 0 saturated heterocycles. The topological polar surface area (TPSA) is 82.0 Å². The zero-order valence-electron chi connectivity index (χ0n) is 7.12. The van der Waals surface area contributed by atoms with Crippen molar-refractivity contribution in [1.82, 2.24) is 4.98 Å². The third kappa shape index (κ3) is 2.17. The quantitative estimate of drug-likeness (QED) is 0.742. The first-order valence-corrected chi connectivity index (χ1v) is 4.07. The average Bonchev–Trinajstić information content (AvgIpc) is 2.03. The third-order valence-corrected chi connectivity index (χ3v) is 1.86. The molecule has 0 bridgehead atoms. The lowest BCUT2D eigenvalue weighted by Gasteiger charge is -2.09. The summed E-state index contributed by atoms with van der Waals surface area (Å²) in [6.07, 6.45) is 1.41. The summed E-state index contributed by atoms with van der Waals surface area (Å²) >= 11 is 5.63. The lowest BCUT2D eigenvalue weighted by atomic mass is 10.1. The number of anilines is 1. The zero-order chi connectivity index (χ0) is 10.0. The van der Waals surface area contributed by atoms with Crippen LogP contribution >= 0.6 is 11.6 Å². The summed E-state index contributed by atoms with van der Waals surface area (Å²) < 4.78 is 0. The Balaban J connectivity index is 3.08. The maximum Gasteiger partial charge on any atom is 0.152 e. The summed E-state index contributed by atoms with van der Waals surface area (Å²) in [5.74, 6) is -0.179. The molecule has 0 fully saturated rings. The lowest BCUT2D eigenvalue weighted by molar-refractivity contribution is -0.118. The predicted molar refractivity (Wildman–Crippen MR) is 51.3 cm³/mol. The second kappa shape index (κ2) is 3.72. The Hall–Kier alpha value is -1.13. The molecule has 1 aromatic rings. The number of carbonyl (C=O) groups is 1. The van der Waals surface area contributed by atoms with Gasteiger partial charge in [-0.3, -0.25) is 9.78 Å². The molecular formula is C8H10ClN3O. The van der Waals surface area contributed by atoms with Gasteiger partial charge in [0.05, 0.1) is 16.4 Å². The fraction of sp³-hybridized carbons (Fsp3) is 0.250. The fourth-order valence-corrected chi connectivity index (χ4v) is 1.08. The number of ketones is 1. The minimum atomic E-state index is -0.766. The molecule has 0 spiro atoms. The van der Waals surface area contributed by atoms with Gasteiger partial charge in [-0.15, -0.1) is 0 Å². The van der Waals surface area contributed by atoms with Crippen molar-refractivity contribution in [1.29, 1.82) is 0 Å². The minimum Gasteiger partial charge on any atom is -0.397 e. The van der Waals surface area contributed by atoms with Gasteiger partial charge in [-0.05, 0) is 13.0 Å². The van der Waals surface area contributed by atoms with Gasteiger partial charge >= 0.3 is 0 Å². The smallest absolute Gasteiger partial charge is 0.152 e. The van der Waals surface area contributed by atoms with E-state index >= 15 is 0 Å². The largest absolute Gasteiger partial charge is 0.397 e. The molecule has 4 N–H and O–H groups in total. The van der Waals surface area contributed by atoms with Crippen molar-refractivity contribution in [3.63, 3.8) is 0 Å². The number of nitrogens with two attached hydrogens (primary N) is 2. The van der Waals surface area contributed by atoms with E-state index in [1.165, 1.54) is 19.2 Å². The number of rotatable bonds is 2. The van der Waals surface area contributed by atoms with E-state index in [1.54, 1.807) is 0 Å². The van der Waals surface area contributed by atoms with E-state index < -0.39 is 6.04 Å². The highest BCUT2D eigenvalue weighted by atomic mass is 35.5. The van der Waals surface area contributed by atoms with Crippen LogP contribution in [0.4, 0.5) is 5.69 Å². The van der Waals surface area contributed by atoms with E-state index in [1.807, 2.05) is 0 Å². The van der Waals surface area contributed by atoms with Crippen molar-refractivity contribution in [3.8, 4) is 0 Å². The number of hydrogen-bond donors (Lipinski definition) is 2. The van der Waals surface area contributed by atoms with Crippen molar-refractivity contribution < 1.29 is 4.79 Å². The number of aromatic nitrogens is 1. The summed E-state index contributed by atoms with van der Waals surface area (Å²) in [6, 6.07) is 0.754. The number of carbonyl (C=O) groups excluding carboxylic acids is 1. The van der Waals surface area contributed by atoms with Crippen LogP contribution in [0.2, 0.25) is 5.02 Å². The van der Waals surface area contributed by atoms with Gasteiger partial charge in [0, 0.05) is 6.20 Å². The Morgan fingerprint density at radius 1 is 1.69 bits per heavy atom. The predicted octanol–water partition coefficient (Wildman–Crippen LogP) is 0.906. The first-order valence-electron chi connectivity index (χ1n) is 3.69. The van der Waals surface area contributed by atoms with Crippen LogP contribution in [0.15, 0.2) is 12.3 Å². The maximum absolute atomic E-state index is 10.9. The number of nitrogens with zero attached hydrogens (tertiary/aromatic N) is 1. The molecule has 0 radical (unpaired) electrons. The van der Waals surface area contributed by atoms with Crippen LogP contribution in [0.5, 0.6) is 0 Å². The molecule has 4 nitrogen and oxygen atoms in total. The third-order valence-electron chi connectivity index (χ3n) is 1.65. The highest BCUT2D eigenvalue weighted by Crippen LogP contribution is 2.19. The Kier molecular flexibility index (Phi) is 2.85. The highest BCUT2D eigenvalue weighted by Gasteiger charge is 2.15. The SMILES string of the molecule is CC(=O)C(N)c1ncc(Cl)cc1N. The molecule has 0 aromatic carbocycles. The molecule has 1 atom stereocenters. The molecule has 1 heterocycles. The number of halogens is 1. The standard InChI is InChI=1S/C8H10ClN3O/c1-4(13)7(11)8-6(10)2-5(9)3-12-8/h2-3,7H,10-11H2,1H3. The van der Waals surface area contributed by atoms with E-state index in [2.05, 4.69) is 4.98 Å². The number of nitrogen functional groups attached to an aromatic ring is 1. The van der Waals surface area contributed by atoms with Gasteiger partial charge in [-0.25, -0.2) is 0 Å². The van der Waals surface area contributed by atoms with Gasteiger partial charge in [0.2, 0.25) is 0 Å². The van der Waals surface area contributed by atoms with E-state index in [4.69, 9.17) is 23.1 Å². The van der Waals surface area contributed by atoms with Gasteiger partial charge in [0.15, 0.2) is 5.78 Å². The Morgan fingerprint density at radius 3 is 2.77 bits per heavy atom. The Labute approximate surface area is 80.9 Å². The van der Waals surface area contributed by atoms with Crippen molar-refractivity contribution in [2.24, 2.45) is 5.73 Å². The van der Waals surface area contributed by atoms with Crippen molar-refractivity contribution in [3.05, 3.63) is 23.0 Å². The summed E-state index contributed by atoms with van der Waals surface area (Å²) in [6.45, 7) is 1.39. The van der Waals surface area contributed by atoms with Gasteiger partial charge in [0.25, 0.3) is 0 Å². The van der Waals surface area contributed by atoms with Crippen LogP contribution in [0, 0.1) is 0 Å². The van der Waals surface area contributed by atoms with Crippen molar-refractivity contribution in [2.45, 2.75) is 13.0 Å². The molecule has 1 aromatic heterocycles. The monoisotopic (exact) mass is 199 g/mol. The molecule has 1 unspecified atom stereocenters. The highest BCUT2D eigenvalue weighted by molar-refractivity contribution is 6.30. The second-order valence-corrected chi connectivity index (χ2v) is 3.15. The van der Waals surface area contributed by atoms with Crippen LogP contribution in [0.1, 0.15) is 18.7 Å². The van der Waals surface area contributed by atoms with E-state index in [0.29, 0.717) is 16.4 Å². The van der Waals surface area contributed by atoms with Gasteiger partial charge in [-0.2, -0.15) is 0 Å². The van der Waals surface area contributed by atoms with Crippen LogP contribution < -0.4 is 11.5 Å². The summed E-state index contributed by atoms with van der Waals surface area (Å²) in [4.78, 5) is 14.8. The fourth-order valence-electron chi connectivity index (χ4n) is 0.918. The van der Waals surface area contributed by atoms with Crippen molar-refractivity contribution in [2.75, 3.05) is 5.73 Å². The molecule has 5 heteroatoms. The van der Waals surface area contributed by atoms with Crippen LogP contribution in [-0.2, 0) is 4.79 Å². The summed E-state index contributed by atoms with van der Waals surface area (Å²) in [5.41, 5.74) is 11.8. The number of Topliss-reactive ketones (excluding diaryl/α,β-unsaturated/α-hetero) is 1. The normalized spacial score (nSPS) is 12.5. The van der Waals surface area contributed by atoms with Gasteiger partial charge in [-0.1, -0.05) is 11.6 Å². The average molecular weight is 200 g/mol. The van der Waals surface area contributed by atoms with Crippen molar-refractivity contribution >= 4 is 23.1 Å². The van der Waals surface area contributed by atoms with E-state index in [9.17, 15) is 4.79 Å². The molecule has 0 amide bonds. The Morgan fingerprint density at radius 2 is 2.31 bits per heavy atom. The molecule has 0 saturated carbocycles. The summed E-state index contributed by atoms with van der Waals surface area (Å²) in [5, 5.41) is 0.428. The summed E-state index contributed by atoms with van der Waals surface area (Å²) in [7, 11) is 0. The molecule has 0 aliphatic heterocycles. The van der Waals surface area contributed by atoms with Crippen LogP contribution in [0.3, 0.4) is 0 Å². The van der Waals surface area contributed by atoms with Crippen LogP contribution in [-0.4, -0.2) is 10.8 Å². The second-order valence-electron chi connectivity index (χ2n) is 2.72. The Bertz CT molecular complexity index is 340. The lowest BCUT2D eigenvalue weighted by Crippen LogP contribution is -2.21.